The number of carbonyl (C=O) groups is 1. The summed E-state index contributed by atoms with van der Waals surface area (Å²) in [6.45, 7) is 8.81. The van der Waals surface area contributed by atoms with Crippen LogP contribution in [0.5, 0.6) is 0 Å². The van der Waals surface area contributed by atoms with Crippen LogP contribution in [0.15, 0.2) is 30.7 Å². The molecule has 1 atom stereocenters. The maximum Gasteiger partial charge on any atom is 0.259 e. The number of rotatable bonds is 3. The molecule has 0 bridgehead atoms. The summed E-state index contributed by atoms with van der Waals surface area (Å²) in [4.78, 5) is 24.5. The average Bonchev–Trinajstić information content (AvgIpc) is 3.29. The van der Waals surface area contributed by atoms with Gasteiger partial charge in [-0.05, 0) is 32.9 Å². The number of piperazine rings is 1. The highest BCUT2D eigenvalue weighted by Gasteiger charge is 2.22. The molecule has 5 rings (SSSR count). The Bertz CT molecular complexity index is 1300. The second-order valence-corrected chi connectivity index (χ2v) is 8.28. The summed E-state index contributed by atoms with van der Waals surface area (Å²) in [6, 6.07) is 4.30. The van der Waals surface area contributed by atoms with Crippen molar-refractivity contribution in [2.45, 2.75) is 26.8 Å². The molecule has 0 saturated carbocycles. The topological polar surface area (TPSA) is 92.4 Å². The highest BCUT2D eigenvalue weighted by Crippen LogP contribution is 2.30. The van der Waals surface area contributed by atoms with Gasteiger partial charge in [0, 0.05) is 56.2 Å². The second kappa shape index (κ2) is 7.35. The Labute approximate surface area is 180 Å². The van der Waals surface area contributed by atoms with Crippen LogP contribution in [0, 0.1) is 13.8 Å². The van der Waals surface area contributed by atoms with Crippen molar-refractivity contribution in [2.24, 2.45) is 7.05 Å². The van der Waals surface area contributed by atoms with E-state index in [1.54, 1.807) is 10.9 Å². The molecular weight excluding hydrogens is 392 g/mol. The number of nitrogens with zero attached hydrogens (tertiary/aromatic N) is 6. The molecule has 9 heteroatoms. The van der Waals surface area contributed by atoms with Gasteiger partial charge in [0.15, 0.2) is 11.5 Å². The first-order valence-corrected chi connectivity index (χ1v) is 10.5. The predicted molar refractivity (Wildman–Crippen MR) is 121 cm³/mol. The van der Waals surface area contributed by atoms with Crippen LogP contribution in [-0.2, 0) is 7.05 Å². The zero-order valence-corrected chi connectivity index (χ0v) is 18.2. The van der Waals surface area contributed by atoms with E-state index in [0.29, 0.717) is 22.9 Å². The zero-order chi connectivity index (χ0) is 21.7. The van der Waals surface area contributed by atoms with E-state index in [2.05, 4.69) is 37.5 Å². The van der Waals surface area contributed by atoms with Gasteiger partial charge in [0.2, 0.25) is 0 Å². The molecular formula is C22H26N8O. The summed E-state index contributed by atoms with van der Waals surface area (Å²) >= 11 is 0. The molecule has 1 aromatic carbocycles. The Morgan fingerprint density at radius 2 is 2.03 bits per heavy atom. The molecule has 4 aromatic rings. The van der Waals surface area contributed by atoms with Crippen LogP contribution in [0.2, 0.25) is 0 Å². The van der Waals surface area contributed by atoms with Gasteiger partial charge in [0.1, 0.15) is 5.52 Å². The monoisotopic (exact) mass is 418 g/mol. The van der Waals surface area contributed by atoms with E-state index in [-0.39, 0.29) is 5.91 Å². The normalized spacial score (nSPS) is 16.9. The van der Waals surface area contributed by atoms with Gasteiger partial charge < -0.3 is 19.9 Å². The third-order valence-corrected chi connectivity index (χ3v) is 5.69. The Morgan fingerprint density at radius 3 is 2.84 bits per heavy atom. The van der Waals surface area contributed by atoms with E-state index in [9.17, 15) is 4.79 Å². The van der Waals surface area contributed by atoms with Crippen LogP contribution in [0.3, 0.4) is 0 Å². The summed E-state index contributed by atoms with van der Waals surface area (Å²) in [5.41, 5.74) is 4.78. The Hall–Kier alpha value is -3.46. The molecule has 1 aliphatic rings. The second-order valence-electron chi connectivity index (χ2n) is 8.28. The van der Waals surface area contributed by atoms with Gasteiger partial charge in [-0.1, -0.05) is 0 Å². The fourth-order valence-electron chi connectivity index (χ4n) is 4.36. The summed E-state index contributed by atoms with van der Waals surface area (Å²) in [5, 5.41) is 12.0. The SMILES string of the molecule is Cc1cn2cc(NC(=O)c3ccc(N4CCNC(C)C4)c4cn(C)nc34)nc2c(C)n1. The predicted octanol–water partition coefficient (Wildman–Crippen LogP) is 2.28. The molecule has 3 aromatic heterocycles. The Kier molecular flexibility index (Phi) is 4.62. The molecule has 2 N–H and O–H groups in total. The summed E-state index contributed by atoms with van der Waals surface area (Å²) in [5.74, 6) is 0.263. The number of fused-ring (bicyclic) bond motifs is 2. The lowest BCUT2D eigenvalue weighted by molar-refractivity contribution is 0.102. The van der Waals surface area contributed by atoms with E-state index in [0.717, 1.165) is 47.7 Å². The van der Waals surface area contributed by atoms with Crippen molar-refractivity contribution in [3.05, 3.63) is 47.7 Å². The number of hydrogen-bond donors (Lipinski definition) is 2. The molecule has 0 radical (unpaired) electrons. The third-order valence-electron chi connectivity index (χ3n) is 5.69. The number of nitrogens with one attached hydrogen (secondary N) is 2. The summed E-state index contributed by atoms with van der Waals surface area (Å²) in [7, 11) is 1.88. The molecule has 1 unspecified atom stereocenters. The smallest absolute Gasteiger partial charge is 0.259 e. The fourth-order valence-corrected chi connectivity index (χ4v) is 4.36. The molecule has 4 heterocycles. The minimum atomic E-state index is -0.227. The van der Waals surface area contributed by atoms with Crippen LogP contribution >= 0.6 is 0 Å². The molecule has 1 saturated heterocycles. The number of hydrogen-bond acceptors (Lipinski definition) is 6. The minimum absolute atomic E-state index is 0.227. The minimum Gasteiger partial charge on any atom is -0.368 e. The van der Waals surface area contributed by atoms with Gasteiger partial charge in [-0.25, -0.2) is 4.98 Å². The van der Waals surface area contributed by atoms with Gasteiger partial charge in [-0.3, -0.25) is 14.5 Å². The quantitative estimate of drug-likeness (QED) is 0.530. The van der Waals surface area contributed by atoms with Crippen molar-refractivity contribution in [1.29, 1.82) is 0 Å². The molecule has 0 spiro atoms. The van der Waals surface area contributed by atoms with E-state index in [1.165, 1.54) is 0 Å². The fraction of sp³-hybridized carbons (Fsp3) is 0.364. The van der Waals surface area contributed by atoms with Gasteiger partial charge in [-0.15, -0.1) is 0 Å². The number of benzene rings is 1. The van der Waals surface area contributed by atoms with Crippen molar-refractivity contribution in [1.82, 2.24) is 29.5 Å². The highest BCUT2D eigenvalue weighted by atomic mass is 16.1. The van der Waals surface area contributed by atoms with Crippen molar-refractivity contribution in [3.8, 4) is 0 Å². The van der Waals surface area contributed by atoms with Gasteiger partial charge in [0.05, 0.1) is 23.1 Å². The van der Waals surface area contributed by atoms with Gasteiger partial charge >= 0.3 is 0 Å². The van der Waals surface area contributed by atoms with E-state index in [1.807, 2.05) is 49.8 Å². The first-order valence-electron chi connectivity index (χ1n) is 10.5. The molecule has 160 valence electrons. The maximum absolute atomic E-state index is 13.2. The summed E-state index contributed by atoms with van der Waals surface area (Å²) in [6.07, 6.45) is 5.68. The number of aromatic nitrogens is 5. The van der Waals surface area contributed by atoms with Crippen LogP contribution in [0.1, 0.15) is 28.7 Å². The lowest BCUT2D eigenvalue weighted by Gasteiger charge is -2.34. The maximum atomic E-state index is 13.2. The first-order chi connectivity index (χ1) is 14.9. The van der Waals surface area contributed by atoms with Crippen LogP contribution < -0.4 is 15.5 Å². The number of carbonyl (C=O) groups excluding carboxylic acids is 1. The summed E-state index contributed by atoms with van der Waals surface area (Å²) < 4.78 is 3.65. The van der Waals surface area contributed by atoms with E-state index >= 15 is 0 Å². The van der Waals surface area contributed by atoms with Crippen LogP contribution in [-0.4, -0.2) is 55.7 Å². The van der Waals surface area contributed by atoms with Gasteiger partial charge in [-0.2, -0.15) is 5.10 Å². The molecule has 1 fully saturated rings. The highest BCUT2D eigenvalue weighted by molar-refractivity contribution is 6.13. The van der Waals surface area contributed by atoms with Crippen LogP contribution in [0.25, 0.3) is 16.6 Å². The number of amides is 1. The van der Waals surface area contributed by atoms with E-state index in [4.69, 9.17) is 0 Å². The van der Waals surface area contributed by atoms with Crippen molar-refractivity contribution in [3.63, 3.8) is 0 Å². The largest absolute Gasteiger partial charge is 0.368 e. The molecule has 9 nitrogen and oxygen atoms in total. The third kappa shape index (κ3) is 3.50. The van der Waals surface area contributed by atoms with Crippen molar-refractivity contribution < 1.29 is 4.79 Å². The average molecular weight is 419 g/mol. The van der Waals surface area contributed by atoms with Crippen LogP contribution in [0.4, 0.5) is 11.5 Å². The first kappa shape index (κ1) is 19.5. The Morgan fingerprint density at radius 1 is 1.19 bits per heavy atom. The number of imidazole rings is 1. The molecule has 0 aliphatic carbocycles. The molecule has 31 heavy (non-hydrogen) atoms. The standard InChI is InChI=1S/C22H26N8O/c1-13-9-29(8-7-23-13)18-6-5-16(20-17(18)11-28(4)27-20)22(31)26-19-12-30-10-14(2)24-15(3)21(30)25-19/h5-6,10-13,23H,7-9H2,1-4H3,(H,26,31). The van der Waals surface area contributed by atoms with E-state index < -0.39 is 0 Å². The number of aryl methyl sites for hydroxylation is 3. The lowest BCUT2D eigenvalue weighted by Crippen LogP contribution is -2.49. The number of anilines is 2. The lowest BCUT2D eigenvalue weighted by atomic mass is 10.1. The Balaban J connectivity index is 1.49. The van der Waals surface area contributed by atoms with Crippen molar-refractivity contribution in [2.75, 3.05) is 29.9 Å². The van der Waals surface area contributed by atoms with Crippen molar-refractivity contribution >= 4 is 34.0 Å². The molecule has 1 aliphatic heterocycles. The zero-order valence-electron chi connectivity index (χ0n) is 18.2. The molecule has 1 amide bonds. The van der Waals surface area contributed by atoms with Gasteiger partial charge in [0.25, 0.3) is 5.91 Å².